The van der Waals surface area contributed by atoms with E-state index in [1.807, 2.05) is 26.0 Å². The first kappa shape index (κ1) is 22.6. The number of carboxylic acid groups (broad SMARTS) is 1. The number of nitrogens with one attached hydrogen (secondary N) is 1. The molecule has 9 heteroatoms. The van der Waals surface area contributed by atoms with Crippen LogP contribution in [0.15, 0.2) is 30.3 Å². The minimum absolute atomic E-state index is 0.109. The van der Waals surface area contributed by atoms with Gasteiger partial charge >= 0.3 is 5.97 Å². The van der Waals surface area contributed by atoms with Crippen LogP contribution in [-0.2, 0) is 0 Å². The molecule has 0 radical (unpaired) electrons. The summed E-state index contributed by atoms with van der Waals surface area (Å²) < 4.78 is 0. The van der Waals surface area contributed by atoms with Crippen LogP contribution < -0.4 is 5.32 Å². The molecular formula is C24H23ClN6O2. The lowest BCUT2D eigenvalue weighted by atomic mass is 9.99. The van der Waals surface area contributed by atoms with E-state index in [9.17, 15) is 15.2 Å². The Morgan fingerprint density at radius 3 is 2.76 bits per heavy atom. The number of aryl methyl sites for hydroxylation is 1. The van der Waals surface area contributed by atoms with E-state index in [2.05, 4.69) is 39.4 Å². The molecule has 1 aliphatic heterocycles. The summed E-state index contributed by atoms with van der Waals surface area (Å²) >= 11 is 5.89. The number of hydrogen-bond donors (Lipinski definition) is 2. The van der Waals surface area contributed by atoms with Crippen molar-refractivity contribution in [1.82, 2.24) is 19.9 Å². The van der Waals surface area contributed by atoms with Gasteiger partial charge in [0.05, 0.1) is 22.8 Å². The van der Waals surface area contributed by atoms with Crippen molar-refractivity contribution in [2.75, 3.05) is 25.5 Å². The summed E-state index contributed by atoms with van der Waals surface area (Å²) in [6.45, 7) is 5.54. The molecule has 1 aliphatic rings. The van der Waals surface area contributed by atoms with E-state index in [1.54, 1.807) is 12.1 Å². The van der Waals surface area contributed by atoms with Gasteiger partial charge in [-0.1, -0.05) is 23.7 Å². The highest BCUT2D eigenvalue weighted by atomic mass is 35.5. The minimum atomic E-state index is -1.17. The van der Waals surface area contributed by atoms with Gasteiger partial charge in [0, 0.05) is 18.7 Å². The van der Waals surface area contributed by atoms with Gasteiger partial charge in [-0.25, -0.2) is 19.7 Å². The standard InChI is InChI=1S/C24H23ClN6O2/c1-13-10-16(14(2)27-17-4-5-20(25)29-23(17)24(32)33)22-18(11-13)28-19(12-26)21(30-22)15-6-8-31(3)9-7-15/h4-6,10-11,14,27H,7-9H2,1-3H3,(H,32,33)/t14-/m1/s1. The maximum Gasteiger partial charge on any atom is 0.356 e. The van der Waals surface area contributed by atoms with E-state index in [0.717, 1.165) is 36.2 Å². The Balaban J connectivity index is 1.82. The van der Waals surface area contributed by atoms with Gasteiger partial charge < -0.3 is 15.3 Å². The number of nitrogens with zero attached hydrogens (tertiary/aromatic N) is 5. The molecule has 3 aromatic rings. The fourth-order valence-corrected chi connectivity index (χ4v) is 4.12. The monoisotopic (exact) mass is 462 g/mol. The zero-order chi connectivity index (χ0) is 23.7. The van der Waals surface area contributed by atoms with Gasteiger partial charge in [-0.3, -0.25) is 0 Å². The van der Waals surface area contributed by atoms with E-state index in [0.29, 0.717) is 28.1 Å². The molecule has 0 aliphatic carbocycles. The number of aromatic nitrogens is 3. The van der Waals surface area contributed by atoms with E-state index >= 15 is 0 Å². The van der Waals surface area contributed by atoms with Crippen LogP contribution in [0.2, 0.25) is 5.15 Å². The molecule has 1 aromatic carbocycles. The number of rotatable bonds is 5. The summed E-state index contributed by atoms with van der Waals surface area (Å²) in [5.74, 6) is -1.17. The zero-order valence-electron chi connectivity index (χ0n) is 18.6. The number of likely N-dealkylation sites (N-methyl/N-ethyl adjacent to an activating group) is 1. The molecule has 2 aromatic heterocycles. The molecule has 0 spiro atoms. The van der Waals surface area contributed by atoms with Gasteiger partial charge in [0.1, 0.15) is 16.9 Å². The topological polar surface area (TPSA) is 115 Å². The molecule has 0 saturated heterocycles. The normalized spacial score (nSPS) is 15.1. The Hall–Kier alpha value is -3.54. The van der Waals surface area contributed by atoms with Crippen LogP contribution in [0, 0.1) is 18.3 Å². The number of benzene rings is 1. The number of aromatic carboxylic acids is 1. The molecule has 0 amide bonds. The van der Waals surface area contributed by atoms with E-state index in [4.69, 9.17) is 16.6 Å². The second kappa shape index (κ2) is 9.14. The molecule has 3 heterocycles. The lowest BCUT2D eigenvalue weighted by molar-refractivity contribution is 0.0691. The molecule has 0 fully saturated rings. The predicted molar refractivity (Wildman–Crippen MR) is 127 cm³/mol. The van der Waals surface area contributed by atoms with Crippen LogP contribution in [0.5, 0.6) is 0 Å². The molecule has 33 heavy (non-hydrogen) atoms. The van der Waals surface area contributed by atoms with Gasteiger partial charge in [-0.15, -0.1) is 0 Å². The molecule has 0 saturated carbocycles. The second-order valence-corrected chi connectivity index (χ2v) is 8.58. The average molecular weight is 463 g/mol. The van der Waals surface area contributed by atoms with E-state index in [-0.39, 0.29) is 16.9 Å². The average Bonchev–Trinajstić information content (AvgIpc) is 2.79. The molecule has 0 unspecified atom stereocenters. The van der Waals surface area contributed by atoms with Crippen molar-refractivity contribution >= 4 is 39.9 Å². The number of pyridine rings is 1. The maximum absolute atomic E-state index is 11.6. The van der Waals surface area contributed by atoms with Crippen LogP contribution >= 0.6 is 11.6 Å². The first-order chi connectivity index (χ1) is 15.8. The van der Waals surface area contributed by atoms with Crippen LogP contribution in [-0.4, -0.2) is 51.1 Å². The lowest BCUT2D eigenvalue weighted by Gasteiger charge is -2.23. The largest absolute Gasteiger partial charge is 0.476 e. The number of halogens is 1. The number of carboxylic acids is 1. The van der Waals surface area contributed by atoms with Gasteiger partial charge in [-0.2, -0.15) is 5.26 Å². The third kappa shape index (κ3) is 4.65. The van der Waals surface area contributed by atoms with Crippen molar-refractivity contribution in [2.45, 2.75) is 26.3 Å². The Labute approximate surface area is 196 Å². The summed E-state index contributed by atoms with van der Waals surface area (Å²) in [4.78, 5) is 27.3. The summed E-state index contributed by atoms with van der Waals surface area (Å²) in [6.07, 6.45) is 2.88. The summed E-state index contributed by atoms with van der Waals surface area (Å²) in [5, 5.41) is 22.6. The fraction of sp³-hybridized carbons (Fsp3) is 0.292. The van der Waals surface area contributed by atoms with Gasteiger partial charge in [0.2, 0.25) is 0 Å². The van der Waals surface area contributed by atoms with Crippen LogP contribution in [0.4, 0.5) is 5.69 Å². The smallest absolute Gasteiger partial charge is 0.356 e. The van der Waals surface area contributed by atoms with Crippen LogP contribution in [0.3, 0.4) is 0 Å². The number of nitriles is 1. The number of hydrogen-bond acceptors (Lipinski definition) is 7. The van der Waals surface area contributed by atoms with Crippen LogP contribution in [0.1, 0.15) is 52.4 Å². The van der Waals surface area contributed by atoms with Crippen molar-refractivity contribution in [2.24, 2.45) is 0 Å². The highest BCUT2D eigenvalue weighted by molar-refractivity contribution is 6.29. The Bertz CT molecular complexity index is 1330. The molecule has 0 bridgehead atoms. The van der Waals surface area contributed by atoms with Gasteiger partial charge in [0.15, 0.2) is 11.4 Å². The summed E-state index contributed by atoms with van der Waals surface area (Å²) in [7, 11) is 2.05. The zero-order valence-corrected chi connectivity index (χ0v) is 19.3. The quantitative estimate of drug-likeness (QED) is 0.534. The number of fused-ring (bicyclic) bond motifs is 1. The third-order valence-corrected chi connectivity index (χ3v) is 5.88. The van der Waals surface area contributed by atoms with E-state index in [1.165, 1.54) is 0 Å². The van der Waals surface area contributed by atoms with E-state index < -0.39 is 5.97 Å². The fourth-order valence-electron chi connectivity index (χ4n) is 3.98. The van der Waals surface area contributed by atoms with Crippen molar-refractivity contribution in [3.8, 4) is 6.07 Å². The van der Waals surface area contributed by atoms with Crippen LogP contribution in [0.25, 0.3) is 16.6 Å². The second-order valence-electron chi connectivity index (χ2n) is 8.20. The summed E-state index contributed by atoms with van der Waals surface area (Å²) in [6, 6.07) is 8.93. The number of carbonyl (C=O) groups is 1. The Morgan fingerprint density at radius 2 is 2.09 bits per heavy atom. The summed E-state index contributed by atoms with van der Waals surface area (Å²) in [5.41, 5.74) is 5.25. The van der Waals surface area contributed by atoms with Crippen molar-refractivity contribution in [3.05, 3.63) is 63.7 Å². The first-order valence-corrected chi connectivity index (χ1v) is 10.9. The SMILES string of the molecule is Cc1cc([C@@H](C)Nc2ccc(Cl)nc2C(=O)O)c2nc(C3=CCN(C)CC3)c(C#N)nc2c1. The number of anilines is 1. The molecular weight excluding hydrogens is 440 g/mol. The predicted octanol–water partition coefficient (Wildman–Crippen LogP) is 4.45. The minimum Gasteiger partial charge on any atom is -0.476 e. The first-order valence-electron chi connectivity index (χ1n) is 10.5. The lowest BCUT2D eigenvalue weighted by Crippen LogP contribution is -2.24. The van der Waals surface area contributed by atoms with Crippen molar-refractivity contribution in [1.29, 1.82) is 5.26 Å². The molecule has 8 nitrogen and oxygen atoms in total. The van der Waals surface area contributed by atoms with Crippen molar-refractivity contribution in [3.63, 3.8) is 0 Å². The molecule has 4 rings (SSSR count). The highest BCUT2D eigenvalue weighted by Gasteiger charge is 2.21. The maximum atomic E-state index is 11.6. The molecule has 2 N–H and O–H groups in total. The van der Waals surface area contributed by atoms with Crippen molar-refractivity contribution < 1.29 is 9.90 Å². The van der Waals surface area contributed by atoms with Gasteiger partial charge in [0.25, 0.3) is 0 Å². The third-order valence-electron chi connectivity index (χ3n) is 5.67. The molecule has 168 valence electrons. The molecule has 1 atom stereocenters. The Morgan fingerprint density at radius 1 is 1.30 bits per heavy atom. The Kier molecular flexibility index (Phi) is 6.27. The van der Waals surface area contributed by atoms with Gasteiger partial charge in [-0.05, 0) is 56.7 Å². The highest BCUT2D eigenvalue weighted by Crippen LogP contribution is 2.31.